The molecule has 3 heterocycles. The SMILES string of the molecule is [2H]C([2H])([2H])Oc1cc2c(cc1OC(C)C)[C@H](c1ccc(Cl)cc1)N(c1ccc(N(C[C@H]3CC[C@H](N4CCN(C)C(=O)C4)CC3)C([2H])([2H])[2H])nc1)C(=O)C2. The summed E-state index contributed by atoms with van der Waals surface area (Å²) in [7, 11) is -0.899. The van der Waals surface area contributed by atoms with Gasteiger partial charge in [-0.2, -0.15) is 0 Å². The molecule has 2 fully saturated rings. The van der Waals surface area contributed by atoms with Gasteiger partial charge in [0.15, 0.2) is 11.5 Å². The number of benzene rings is 2. The number of anilines is 2. The smallest absolute Gasteiger partial charge is 0.236 e. The second kappa shape index (κ2) is 14.1. The third-order valence-corrected chi connectivity index (χ3v) is 9.83. The minimum Gasteiger partial charge on any atom is -0.493 e. The number of nitrogens with zero attached hydrogens (tertiary/aromatic N) is 5. The Hall–Kier alpha value is -3.82. The number of aromatic nitrogens is 1. The van der Waals surface area contributed by atoms with Gasteiger partial charge in [0.1, 0.15) is 5.82 Å². The van der Waals surface area contributed by atoms with Crippen LogP contribution in [-0.4, -0.2) is 86.0 Å². The highest BCUT2D eigenvalue weighted by Crippen LogP contribution is 2.44. The van der Waals surface area contributed by atoms with Crippen LogP contribution >= 0.6 is 11.6 Å². The molecule has 10 heteroatoms. The fourth-order valence-electron chi connectivity index (χ4n) is 7.06. The first-order valence-corrected chi connectivity index (χ1v) is 16.7. The van der Waals surface area contributed by atoms with Gasteiger partial charge < -0.3 is 19.3 Å². The highest BCUT2D eigenvalue weighted by Gasteiger charge is 2.37. The zero-order chi connectivity index (χ0) is 38.2. The molecule has 1 atom stereocenters. The highest BCUT2D eigenvalue weighted by atomic mass is 35.5. The summed E-state index contributed by atoms with van der Waals surface area (Å²) >= 11 is 6.26. The molecule has 6 rings (SSSR count). The van der Waals surface area contributed by atoms with Crippen molar-refractivity contribution in [2.45, 2.75) is 64.1 Å². The van der Waals surface area contributed by atoms with Gasteiger partial charge in [0.25, 0.3) is 0 Å². The first kappa shape index (κ1) is 26.2. The van der Waals surface area contributed by atoms with E-state index in [0.717, 1.165) is 44.3 Å². The number of halogens is 1. The molecule has 9 nitrogen and oxygen atoms in total. The van der Waals surface area contributed by atoms with Crippen molar-refractivity contribution >= 4 is 34.9 Å². The Morgan fingerprint density at radius 2 is 1.81 bits per heavy atom. The maximum atomic E-state index is 14.0. The van der Waals surface area contributed by atoms with Crippen LogP contribution in [0.3, 0.4) is 0 Å². The Bertz CT molecular complexity index is 1780. The van der Waals surface area contributed by atoms with E-state index < -0.39 is 20.1 Å². The van der Waals surface area contributed by atoms with Gasteiger partial charge in [0, 0.05) is 48.8 Å². The van der Waals surface area contributed by atoms with Crippen LogP contribution in [0.2, 0.25) is 5.02 Å². The molecule has 3 aromatic rings. The minimum atomic E-state index is -2.73. The minimum absolute atomic E-state index is 0.0206. The van der Waals surface area contributed by atoms with Gasteiger partial charge in [-0.1, -0.05) is 23.7 Å². The lowest BCUT2D eigenvalue weighted by Crippen LogP contribution is -2.53. The summed E-state index contributed by atoms with van der Waals surface area (Å²) in [5, 5.41) is 0.520. The lowest BCUT2D eigenvalue weighted by Gasteiger charge is -2.41. The van der Waals surface area contributed by atoms with Crippen LogP contribution in [0.4, 0.5) is 11.5 Å². The van der Waals surface area contributed by atoms with Crippen molar-refractivity contribution in [1.82, 2.24) is 14.8 Å². The molecular formula is C37H46ClN5O4. The van der Waals surface area contributed by atoms with Crippen LogP contribution < -0.4 is 19.3 Å². The van der Waals surface area contributed by atoms with E-state index >= 15 is 0 Å². The van der Waals surface area contributed by atoms with Crippen molar-refractivity contribution in [2.75, 3.05) is 57.0 Å². The largest absolute Gasteiger partial charge is 0.493 e. The van der Waals surface area contributed by atoms with E-state index in [1.807, 2.05) is 33.0 Å². The summed E-state index contributed by atoms with van der Waals surface area (Å²) in [5.41, 5.74) is 2.51. The van der Waals surface area contributed by atoms with Gasteiger partial charge >= 0.3 is 0 Å². The van der Waals surface area contributed by atoms with Crippen molar-refractivity contribution in [3.05, 3.63) is 76.4 Å². The Morgan fingerprint density at radius 3 is 2.47 bits per heavy atom. The number of hydrogen-bond donors (Lipinski definition) is 0. The number of rotatable bonds is 9. The predicted octanol–water partition coefficient (Wildman–Crippen LogP) is 5.98. The monoisotopic (exact) mass is 665 g/mol. The lowest BCUT2D eigenvalue weighted by atomic mass is 9.84. The molecule has 2 aromatic carbocycles. The van der Waals surface area contributed by atoms with Crippen molar-refractivity contribution in [2.24, 2.45) is 5.92 Å². The molecule has 1 saturated carbocycles. The molecule has 1 saturated heterocycles. The van der Waals surface area contributed by atoms with E-state index in [1.165, 1.54) is 11.1 Å². The summed E-state index contributed by atoms with van der Waals surface area (Å²) in [5.74, 6) is 0.551. The van der Waals surface area contributed by atoms with Crippen LogP contribution in [0, 0.1) is 5.92 Å². The summed E-state index contributed by atoms with van der Waals surface area (Å²) in [4.78, 5) is 38.0. The van der Waals surface area contributed by atoms with E-state index in [1.54, 1.807) is 46.2 Å². The Morgan fingerprint density at radius 1 is 1.02 bits per heavy atom. The average molecular weight is 666 g/mol. The molecule has 1 aliphatic carbocycles. The van der Waals surface area contributed by atoms with Gasteiger partial charge in [0.05, 0.1) is 48.1 Å². The normalized spacial score (nSPS) is 24.4. The standard InChI is InChI=1S/C37H46ClN5O4/c1-24(2)47-33-20-31-27(18-32(33)46-5)19-35(44)43(37(31)26-8-10-28(38)11-9-26)30-14-15-34(39-21-30)41(4)22-25-6-12-29(13-7-25)42-17-16-40(3)36(45)23-42/h8-11,14-15,18,20-21,24-25,29,37H,6-7,12-13,16-17,19,22-23H2,1-5H3/t25-,29-,37-/m0/s1/i4D3,5D3. The summed E-state index contributed by atoms with van der Waals surface area (Å²) in [6, 6.07) is 13.4. The molecule has 0 bridgehead atoms. The number of piperazine rings is 1. The fraction of sp³-hybridized carbons (Fsp3) is 0.486. The van der Waals surface area contributed by atoms with Gasteiger partial charge in [0.2, 0.25) is 11.8 Å². The van der Waals surface area contributed by atoms with Crippen molar-refractivity contribution < 1.29 is 27.3 Å². The zero-order valence-corrected chi connectivity index (χ0v) is 27.9. The molecule has 0 N–H and O–H groups in total. The molecule has 0 unspecified atom stereocenters. The third kappa shape index (κ3) is 7.21. The summed E-state index contributed by atoms with van der Waals surface area (Å²) < 4.78 is 59.6. The van der Waals surface area contributed by atoms with E-state index in [0.29, 0.717) is 41.0 Å². The van der Waals surface area contributed by atoms with Gasteiger partial charge in [-0.3, -0.25) is 19.4 Å². The number of amides is 2. The first-order chi connectivity index (χ1) is 25.0. The van der Waals surface area contributed by atoms with Crippen molar-refractivity contribution in [3.8, 4) is 11.5 Å². The van der Waals surface area contributed by atoms with Crippen LogP contribution in [0.5, 0.6) is 11.5 Å². The molecular weight excluding hydrogens is 614 g/mol. The number of carbonyl (C=O) groups excluding carboxylic acids is 2. The highest BCUT2D eigenvalue weighted by molar-refractivity contribution is 6.30. The van der Waals surface area contributed by atoms with Gasteiger partial charge in [-0.05, 0) is 98.5 Å². The van der Waals surface area contributed by atoms with Crippen LogP contribution in [0.25, 0.3) is 0 Å². The van der Waals surface area contributed by atoms with Crippen molar-refractivity contribution in [1.29, 1.82) is 0 Å². The number of pyridine rings is 1. The van der Waals surface area contributed by atoms with E-state index in [9.17, 15) is 9.59 Å². The Labute approximate surface area is 291 Å². The fourth-order valence-corrected chi connectivity index (χ4v) is 7.19. The van der Waals surface area contributed by atoms with Crippen LogP contribution in [-0.2, 0) is 16.0 Å². The average Bonchev–Trinajstić information content (AvgIpc) is 3.08. The van der Waals surface area contributed by atoms with Crippen LogP contribution in [0.1, 0.15) is 70.5 Å². The van der Waals surface area contributed by atoms with E-state index in [-0.39, 0.29) is 47.6 Å². The van der Waals surface area contributed by atoms with E-state index in [2.05, 4.69) is 9.88 Å². The Kier molecular flexibility index (Phi) is 7.86. The summed E-state index contributed by atoms with van der Waals surface area (Å²) in [6.07, 6.45) is 4.69. The number of likely N-dealkylation sites (N-methyl/N-ethyl adjacent to an activating group) is 1. The molecule has 2 amide bonds. The van der Waals surface area contributed by atoms with Gasteiger partial charge in [-0.15, -0.1) is 0 Å². The molecule has 0 spiro atoms. The van der Waals surface area contributed by atoms with Gasteiger partial charge in [-0.25, -0.2) is 4.98 Å². The number of methoxy groups -OCH3 is 1. The van der Waals surface area contributed by atoms with Crippen molar-refractivity contribution in [3.63, 3.8) is 0 Å². The maximum absolute atomic E-state index is 14.0. The molecule has 47 heavy (non-hydrogen) atoms. The molecule has 2 aliphatic heterocycles. The maximum Gasteiger partial charge on any atom is 0.236 e. The quantitative estimate of drug-likeness (QED) is 0.278. The molecule has 0 radical (unpaired) electrons. The topological polar surface area (TPSA) is 78.5 Å². The second-order valence-electron chi connectivity index (χ2n) is 13.1. The predicted molar refractivity (Wildman–Crippen MR) is 186 cm³/mol. The number of hydrogen-bond acceptors (Lipinski definition) is 7. The molecule has 1 aromatic heterocycles. The summed E-state index contributed by atoms with van der Waals surface area (Å²) in [6.45, 7) is 3.52. The lowest BCUT2D eigenvalue weighted by molar-refractivity contribution is -0.135. The number of fused-ring (bicyclic) bond motifs is 1. The third-order valence-electron chi connectivity index (χ3n) is 9.57. The van der Waals surface area contributed by atoms with E-state index in [4.69, 9.17) is 29.3 Å². The molecule has 3 aliphatic rings. The number of ether oxygens (including phenoxy) is 2. The first-order valence-electron chi connectivity index (χ1n) is 19.3. The Balaban J connectivity index is 1.27. The van der Waals surface area contributed by atoms with Crippen LogP contribution in [0.15, 0.2) is 54.7 Å². The molecule has 250 valence electrons. The number of carbonyl (C=O) groups is 2. The second-order valence-corrected chi connectivity index (χ2v) is 13.5. The zero-order valence-electron chi connectivity index (χ0n) is 33.1.